The Hall–Kier alpha value is -2.71. The number of nitrogens with zero attached hydrogens (tertiary/aromatic N) is 2. The summed E-state index contributed by atoms with van der Waals surface area (Å²) in [5.74, 6) is 0.632. The van der Waals surface area contributed by atoms with Crippen LogP contribution in [-0.4, -0.2) is 34.2 Å². The van der Waals surface area contributed by atoms with Crippen molar-refractivity contribution < 1.29 is 9.59 Å². The van der Waals surface area contributed by atoms with Gasteiger partial charge in [-0.1, -0.05) is 55.1 Å². The molecule has 1 heterocycles. The van der Waals surface area contributed by atoms with Crippen LogP contribution < -0.4 is 10.6 Å². The highest BCUT2D eigenvalue weighted by Crippen LogP contribution is 2.26. The number of carbonyl (C=O) groups is 2. The van der Waals surface area contributed by atoms with Crippen molar-refractivity contribution in [3.05, 3.63) is 65.7 Å². The minimum Gasteiger partial charge on any atom is -0.360 e. The van der Waals surface area contributed by atoms with E-state index in [-0.39, 0.29) is 17.4 Å². The molecule has 2 N–H and O–H groups in total. The topological polar surface area (TPSA) is 84.0 Å². The molecule has 0 radical (unpaired) electrons. The second-order valence-electron chi connectivity index (χ2n) is 6.76. The maximum Gasteiger partial charge on any atom is 0.255 e. The van der Waals surface area contributed by atoms with Crippen molar-refractivity contribution in [2.24, 2.45) is 5.92 Å². The Kier molecular flexibility index (Phi) is 7.37. The molecule has 6 nitrogen and oxygen atoms in total. The van der Waals surface area contributed by atoms with Gasteiger partial charge in [0.25, 0.3) is 5.91 Å². The Bertz CT molecular complexity index is 956. The maximum atomic E-state index is 12.4. The van der Waals surface area contributed by atoms with Crippen molar-refractivity contribution in [2.75, 3.05) is 22.9 Å². The zero-order valence-corrected chi connectivity index (χ0v) is 17.8. The average Bonchev–Trinajstić information content (AvgIpc) is 3.19. The first-order chi connectivity index (χ1) is 14.0. The van der Waals surface area contributed by atoms with E-state index < -0.39 is 0 Å². The molecular formula is C21H22N4O2S2. The molecular weight excluding hydrogens is 404 g/mol. The summed E-state index contributed by atoms with van der Waals surface area (Å²) in [4.78, 5) is 24.6. The Morgan fingerprint density at radius 1 is 1.00 bits per heavy atom. The van der Waals surface area contributed by atoms with E-state index in [2.05, 4.69) is 34.7 Å². The van der Waals surface area contributed by atoms with Crippen LogP contribution >= 0.6 is 23.1 Å². The van der Waals surface area contributed by atoms with Crippen molar-refractivity contribution in [3.8, 4) is 0 Å². The number of ketones is 1. The molecule has 3 rings (SSSR count). The molecule has 29 heavy (non-hydrogen) atoms. The molecule has 1 aromatic heterocycles. The van der Waals surface area contributed by atoms with Gasteiger partial charge in [0.15, 0.2) is 10.1 Å². The normalized spacial score (nSPS) is 10.7. The van der Waals surface area contributed by atoms with Crippen LogP contribution in [0.3, 0.4) is 0 Å². The highest BCUT2D eigenvalue weighted by molar-refractivity contribution is 8.01. The number of hydrogen-bond acceptors (Lipinski definition) is 7. The smallest absolute Gasteiger partial charge is 0.255 e. The van der Waals surface area contributed by atoms with Crippen molar-refractivity contribution >= 4 is 45.6 Å². The fourth-order valence-corrected chi connectivity index (χ4v) is 4.03. The van der Waals surface area contributed by atoms with E-state index in [0.717, 1.165) is 16.0 Å². The lowest BCUT2D eigenvalue weighted by Gasteiger charge is -2.06. The summed E-state index contributed by atoms with van der Waals surface area (Å²) < 4.78 is 0.761. The van der Waals surface area contributed by atoms with Gasteiger partial charge in [0, 0.05) is 23.4 Å². The molecule has 0 atom stereocenters. The molecule has 2 aromatic carbocycles. The monoisotopic (exact) mass is 426 g/mol. The zero-order chi connectivity index (χ0) is 20.6. The largest absolute Gasteiger partial charge is 0.360 e. The van der Waals surface area contributed by atoms with Gasteiger partial charge in [0.05, 0.1) is 5.75 Å². The molecule has 0 aliphatic carbocycles. The van der Waals surface area contributed by atoms with Gasteiger partial charge in [-0.05, 0) is 42.3 Å². The summed E-state index contributed by atoms with van der Waals surface area (Å²) in [5, 5.41) is 15.0. The summed E-state index contributed by atoms with van der Waals surface area (Å²) in [6, 6.07) is 15.9. The SMILES string of the molecule is CC(C)CNc1nnc(SCC(=O)c2ccc(NC(=O)c3ccccc3)cc2)s1. The van der Waals surface area contributed by atoms with E-state index >= 15 is 0 Å². The molecule has 0 unspecified atom stereocenters. The van der Waals surface area contributed by atoms with E-state index in [1.54, 1.807) is 36.4 Å². The molecule has 0 fully saturated rings. The summed E-state index contributed by atoms with van der Waals surface area (Å²) in [7, 11) is 0. The van der Waals surface area contributed by atoms with Crippen molar-refractivity contribution in [1.82, 2.24) is 10.2 Å². The van der Waals surface area contributed by atoms with Gasteiger partial charge >= 0.3 is 0 Å². The second kappa shape index (κ2) is 10.2. The van der Waals surface area contributed by atoms with Gasteiger partial charge in [0.2, 0.25) is 5.13 Å². The van der Waals surface area contributed by atoms with Gasteiger partial charge in [0.1, 0.15) is 0 Å². The van der Waals surface area contributed by atoms with Gasteiger partial charge in [-0.25, -0.2) is 0 Å². The van der Waals surface area contributed by atoms with Gasteiger partial charge in [-0.2, -0.15) is 0 Å². The predicted molar refractivity (Wildman–Crippen MR) is 119 cm³/mol. The zero-order valence-electron chi connectivity index (χ0n) is 16.2. The fourth-order valence-electron chi connectivity index (χ4n) is 2.37. The molecule has 0 spiro atoms. The molecule has 0 saturated heterocycles. The van der Waals surface area contributed by atoms with Crippen LogP contribution in [0.4, 0.5) is 10.8 Å². The summed E-state index contributed by atoms with van der Waals surface area (Å²) in [6.45, 7) is 5.09. The minimum atomic E-state index is -0.182. The highest BCUT2D eigenvalue weighted by Gasteiger charge is 2.11. The number of aromatic nitrogens is 2. The van der Waals surface area contributed by atoms with Crippen LogP contribution in [0.25, 0.3) is 0 Å². The van der Waals surface area contributed by atoms with Crippen LogP contribution in [0.15, 0.2) is 58.9 Å². The lowest BCUT2D eigenvalue weighted by atomic mass is 10.1. The Morgan fingerprint density at radius 3 is 2.41 bits per heavy atom. The molecule has 8 heteroatoms. The van der Waals surface area contributed by atoms with Gasteiger partial charge < -0.3 is 10.6 Å². The standard InChI is InChI=1S/C21H22N4O2S2/c1-14(2)12-22-20-24-25-21(29-20)28-13-18(26)15-8-10-17(11-9-15)23-19(27)16-6-4-3-5-7-16/h3-11,14H,12-13H2,1-2H3,(H,22,24)(H,23,27). The average molecular weight is 427 g/mol. The quantitative estimate of drug-likeness (QED) is 0.376. The predicted octanol–water partition coefficient (Wildman–Crippen LogP) is 4.83. The van der Waals surface area contributed by atoms with Crippen LogP contribution in [-0.2, 0) is 0 Å². The minimum absolute atomic E-state index is 0.00262. The van der Waals surface area contributed by atoms with E-state index in [4.69, 9.17) is 0 Å². The summed E-state index contributed by atoms with van der Waals surface area (Å²) in [5.41, 5.74) is 1.83. The molecule has 0 aliphatic rings. The molecule has 0 aliphatic heterocycles. The first kappa shape index (κ1) is 21.0. The summed E-state index contributed by atoms with van der Waals surface area (Å²) >= 11 is 2.83. The van der Waals surface area contributed by atoms with E-state index in [9.17, 15) is 9.59 Å². The number of rotatable bonds is 9. The maximum absolute atomic E-state index is 12.4. The van der Waals surface area contributed by atoms with Crippen molar-refractivity contribution in [2.45, 2.75) is 18.2 Å². The number of hydrogen-bond donors (Lipinski definition) is 2. The molecule has 0 saturated carbocycles. The Balaban J connectivity index is 1.51. The molecule has 1 amide bonds. The first-order valence-electron chi connectivity index (χ1n) is 9.21. The van der Waals surface area contributed by atoms with Crippen molar-refractivity contribution in [1.29, 1.82) is 0 Å². The molecule has 3 aromatic rings. The number of Topliss-reactive ketones (excluding diaryl/α,β-unsaturated/α-hetero) is 1. The summed E-state index contributed by atoms with van der Waals surface area (Å²) in [6.07, 6.45) is 0. The lowest BCUT2D eigenvalue weighted by Crippen LogP contribution is -2.11. The van der Waals surface area contributed by atoms with E-state index in [0.29, 0.717) is 22.7 Å². The number of carbonyl (C=O) groups excluding carboxylic acids is 2. The van der Waals surface area contributed by atoms with E-state index in [1.807, 2.05) is 18.2 Å². The fraction of sp³-hybridized carbons (Fsp3) is 0.238. The Morgan fingerprint density at radius 2 is 1.72 bits per heavy atom. The van der Waals surface area contributed by atoms with Gasteiger partial charge in [-0.15, -0.1) is 10.2 Å². The highest BCUT2D eigenvalue weighted by atomic mass is 32.2. The van der Waals surface area contributed by atoms with Gasteiger partial charge in [-0.3, -0.25) is 9.59 Å². The molecule has 150 valence electrons. The number of nitrogens with one attached hydrogen (secondary N) is 2. The van der Waals surface area contributed by atoms with Crippen LogP contribution in [0.1, 0.15) is 34.6 Å². The van der Waals surface area contributed by atoms with E-state index in [1.165, 1.54) is 23.1 Å². The first-order valence-corrected chi connectivity index (χ1v) is 11.0. The number of amides is 1. The van der Waals surface area contributed by atoms with Crippen molar-refractivity contribution in [3.63, 3.8) is 0 Å². The Labute approximate surface area is 178 Å². The van der Waals surface area contributed by atoms with Crippen LogP contribution in [0.2, 0.25) is 0 Å². The van der Waals surface area contributed by atoms with Crippen LogP contribution in [0, 0.1) is 5.92 Å². The number of benzene rings is 2. The third-order valence-corrected chi connectivity index (χ3v) is 5.91. The third-order valence-electron chi connectivity index (χ3n) is 3.90. The lowest BCUT2D eigenvalue weighted by molar-refractivity contribution is 0.101. The second-order valence-corrected chi connectivity index (χ2v) is 8.96. The molecule has 0 bridgehead atoms. The number of thioether (sulfide) groups is 1. The third kappa shape index (κ3) is 6.40. The van der Waals surface area contributed by atoms with Crippen LogP contribution in [0.5, 0.6) is 0 Å². The number of anilines is 2.